The third-order valence-corrected chi connectivity index (χ3v) is 5.00. The second-order valence-corrected chi connectivity index (χ2v) is 6.66. The fourth-order valence-corrected chi connectivity index (χ4v) is 3.44. The Kier molecular flexibility index (Phi) is 5.48. The maximum absolute atomic E-state index is 12.1. The molecule has 22 heavy (non-hydrogen) atoms. The Bertz CT molecular complexity index is 430. The van der Waals surface area contributed by atoms with E-state index in [1.54, 1.807) is 0 Å². The molecule has 0 aromatic rings. The summed E-state index contributed by atoms with van der Waals surface area (Å²) in [6.07, 6.45) is 8.23. The van der Waals surface area contributed by atoms with Crippen molar-refractivity contribution < 1.29 is 19.1 Å². The fourth-order valence-electron chi connectivity index (χ4n) is 3.44. The van der Waals surface area contributed by atoms with Gasteiger partial charge in [-0.1, -0.05) is 18.9 Å². The summed E-state index contributed by atoms with van der Waals surface area (Å²) < 4.78 is 10.4. The molecule has 5 heteroatoms. The number of amides is 1. The Morgan fingerprint density at radius 2 is 2.09 bits per heavy atom. The van der Waals surface area contributed by atoms with Crippen LogP contribution < -0.4 is 5.32 Å². The molecule has 3 atom stereocenters. The Hall–Kier alpha value is -1.52. The molecule has 0 radical (unpaired) electrons. The van der Waals surface area contributed by atoms with E-state index >= 15 is 0 Å². The van der Waals surface area contributed by atoms with Crippen molar-refractivity contribution in [2.45, 2.75) is 63.5 Å². The summed E-state index contributed by atoms with van der Waals surface area (Å²) in [4.78, 5) is 24.1. The van der Waals surface area contributed by atoms with Crippen LogP contribution in [0.5, 0.6) is 0 Å². The van der Waals surface area contributed by atoms with Crippen LogP contribution in [0.3, 0.4) is 0 Å². The Labute approximate surface area is 132 Å². The third-order valence-electron chi connectivity index (χ3n) is 5.00. The van der Waals surface area contributed by atoms with Gasteiger partial charge in [0.1, 0.15) is 11.6 Å². The lowest BCUT2D eigenvalue weighted by Crippen LogP contribution is -2.47. The summed E-state index contributed by atoms with van der Waals surface area (Å²) in [7, 11) is 1.35. The molecule has 0 unspecified atom stereocenters. The first kappa shape index (κ1) is 16.8. The van der Waals surface area contributed by atoms with Crippen molar-refractivity contribution in [3.8, 4) is 0 Å². The van der Waals surface area contributed by atoms with Gasteiger partial charge in [-0.25, -0.2) is 9.59 Å². The Balaban J connectivity index is 1.86. The van der Waals surface area contributed by atoms with Crippen molar-refractivity contribution >= 4 is 12.1 Å². The van der Waals surface area contributed by atoms with Gasteiger partial charge in [-0.15, -0.1) is 6.58 Å². The number of nitrogens with one attached hydrogen (secondary N) is 1. The molecule has 5 nitrogen and oxygen atoms in total. The van der Waals surface area contributed by atoms with Crippen LogP contribution in [0, 0.1) is 11.8 Å². The van der Waals surface area contributed by atoms with E-state index in [9.17, 15) is 9.59 Å². The largest absolute Gasteiger partial charge is 0.467 e. The van der Waals surface area contributed by atoms with Crippen molar-refractivity contribution in [2.24, 2.45) is 11.8 Å². The molecule has 2 fully saturated rings. The van der Waals surface area contributed by atoms with Crippen LogP contribution in [-0.2, 0) is 14.3 Å². The molecule has 2 aliphatic carbocycles. The monoisotopic (exact) mass is 309 g/mol. The van der Waals surface area contributed by atoms with Crippen molar-refractivity contribution in [3.63, 3.8) is 0 Å². The minimum absolute atomic E-state index is 0.156. The normalized spacial score (nSPS) is 28.7. The highest BCUT2D eigenvalue weighted by atomic mass is 16.6. The fraction of sp³-hybridized carbons (Fsp3) is 0.765. The van der Waals surface area contributed by atoms with Gasteiger partial charge in [0.25, 0.3) is 0 Å². The first-order chi connectivity index (χ1) is 10.5. The molecule has 0 aliphatic heterocycles. The maximum atomic E-state index is 12.1. The third kappa shape index (κ3) is 4.02. The first-order valence-electron chi connectivity index (χ1n) is 8.18. The van der Waals surface area contributed by atoms with Crippen LogP contribution in [0.2, 0.25) is 0 Å². The van der Waals surface area contributed by atoms with E-state index in [2.05, 4.69) is 11.9 Å². The average molecular weight is 309 g/mol. The number of carbonyl (C=O) groups is 2. The number of hydrogen-bond donors (Lipinski definition) is 1. The molecule has 1 N–H and O–H groups in total. The van der Waals surface area contributed by atoms with Gasteiger partial charge in [-0.3, -0.25) is 0 Å². The van der Waals surface area contributed by atoms with E-state index in [4.69, 9.17) is 9.47 Å². The second kappa shape index (κ2) is 7.16. The number of alkyl carbamates (subject to hydrolysis) is 1. The van der Waals surface area contributed by atoms with E-state index in [0.29, 0.717) is 5.92 Å². The predicted octanol–water partition coefficient (Wildman–Crippen LogP) is 3.19. The highest BCUT2D eigenvalue weighted by Gasteiger charge is 2.53. The summed E-state index contributed by atoms with van der Waals surface area (Å²) in [5.74, 6) is 0.163. The van der Waals surface area contributed by atoms with E-state index in [1.807, 2.05) is 13.0 Å². The highest BCUT2D eigenvalue weighted by Crippen LogP contribution is 2.49. The SMILES string of the molecule is C=CCC[C@H]1C[C@]1(C)OC(=O)N[C@H](C(=O)OC)C1CCCC1. The zero-order valence-electron chi connectivity index (χ0n) is 13.6. The lowest BCUT2D eigenvalue weighted by atomic mass is 9.98. The maximum Gasteiger partial charge on any atom is 0.408 e. The molecule has 0 heterocycles. The summed E-state index contributed by atoms with van der Waals surface area (Å²) in [5.41, 5.74) is -0.399. The van der Waals surface area contributed by atoms with Gasteiger partial charge in [0.05, 0.1) is 7.11 Å². The van der Waals surface area contributed by atoms with Crippen LogP contribution in [0.1, 0.15) is 51.9 Å². The topological polar surface area (TPSA) is 64.6 Å². The number of ether oxygens (including phenoxy) is 2. The molecule has 0 aromatic carbocycles. The molecule has 2 saturated carbocycles. The number of methoxy groups -OCH3 is 1. The molecule has 1 amide bonds. The minimum atomic E-state index is -0.589. The van der Waals surface area contributed by atoms with Crippen LogP contribution in [0.4, 0.5) is 4.79 Å². The molecular weight excluding hydrogens is 282 g/mol. The quantitative estimate of drug-likeness (QED) is 0.579. The zero-order valence-corrected chi connectivity index (χ0v) is 13.6. The summed E-state index contributed by atoms with van der Waals surface area (Å²) in [6.45, 7) is 5.66. The Morgan fingerprint density at radius 1 is 1.41 bits per heavy atom. The summed E-state index contributed by atoms with van der Waals surface area (Å²) in [5, 5.41) is 2.73. The van der Waals surface area contributed by atoms with E-state index in [1.165, 1.54) is 7.11 Å². The van der Waals surface area contributed by atoms with Gasteiger partial charge in [0.2, 0.25) is 0 Å². The standard InChI is InChI=1S/C17H27NO4/c1-4-5-10-13-11-17(13,2)22-16(20)18-14(15(19)21-3)12-8-6-7-9-12/h4,12-14H,1,5-11H2,2-3H3,(H,18,20)/t13-,14-,17-/m0/s1. The molecular formula is C17H27NO4. The smallest absolute Gasteiger partial charge is 0.408 e. The van der Waals surface area contributed by atoms with Gasteiger partial charge >= 0.3 is 12.1 Å². The molecule has 2 rings (SSSR count). The van der Waals surface area contributed by atoms with Gasteiger partial charge in [0.15, 0.2) is 0 Å². The van der Waals surface area contributed by atoms with Crippen molar-refractivity contribution in [1.29, 1.82) is 0 Å². The number of hydrogen-bond acceptors (Lipinski definition) is 4. The van der Waals surface area contributed by atoms with Gasteiger partial charge in [-0.2, -0.15) is 0 Å². The summed E-state index contributed by atoms with van der Waals surface area (Å²) in [6, 6.07) is -0.589. The number of esters is 1. The van der Waals surface area contributed by atoms with Gasteiger partial charge in [0, 0.05) is 5.92 Å². The molecule has 0 spiro atoms. The highest BCUT2D eigenvalue weighted by molar-refractivity contribution is 5.81. The molecule has 0 saturated heterocycles. The van der Waals surface area contributed by atoms with Crippen LogP contribution >= 0.6 is 0 Å². The second-order valence-electron chi connectivity index (χ2n) is 6.66. The Morgan fingerprint density at radius 3 is 2.68 bits per heavy atom. The van der Waals surface area contributed by atoms with E-state index in [0.717, 1.165) is 44.9 Å². The average Bonchev–Trinajstić information content (AvgIpc) is 2.92. The van der Waals surface area contributed by atoms with Crippen molar-refractivity contribution in [2.75, 3.05) is 7.11 Å². The van der Waals surface area contributed by atoms with Crippen molar-refractivity contribution in [1.82, 2.24) is 5.32 Å². The van der Waals surface area contributed by atoms with E-state index in [-0.39, 0.29) is 11.9 Å². The van der Waals surface area contributed by atoms with Crippen LogP contribution in [0.25, 0.3) is 0 Å². The van der Waals surface area contributed by atoms with Crippen LogP contribution in [-0.4, -0.2) is 30.8 Å². The lowest BCUT2D eigenvalue weighted by molar-refractivity contribution is -0.144. The molecule has 124 valence electrons. The predicted molar refractivity (Wildman–Crippen MR) is 83.3 cm³/mol. The number of allylic oxidation sites excluding steroid dienone is 1. The zero-order chi connectivity index (χ0) is 16.2. The number of carbonyl (C=O) groups excluding carboxylic acids is 2. The molecule has 0 bridgehead atoms. The first-order valence-corrected chi connectivity index (χ1v) is 8.18. The molecule has 2 aliphatic rings. The molecule has 0 aromatic heterocycles. The lowest BCUT2D eigenvalue weighted by Gasteiger charge is -2.23. The van der Waals surface area contributed by atoms with Crippen molar-refractivity contribution in [3.05, 3.63) is 12.7 Å². The number of rotatable bonds is 7. The van der Waals surface area contributed by atoms with Gasteiger partial charge in [-0.05, 0) is 44.9 Å². The van der Waals surface area contributed by atoms with Gasteiger partial charge < -0.3 is 14.8 Å². The minimum Gasteiger partial charge on any atom is -0.467 e. The van der Waals surface area contributed by atoms with Crippen LogP contribution in [0.15, 0.2) is 12.7 Å². The van der Waals surface area contributed by atoms with E-state index < -0.39 is 17.7 Å². The summed E-state index contributed by atoms with van der Waals surface area (Å²) >= 11 is 0.